The van der Waals surface area contributed by atoms with Gasteiger partial charge in [0.15, 0.2) is 5.78 Å². The van der Waals surface area contributed by atoms with Gasteiger partial charge in [0.05, 0.1) is 11.2 Å². The van der Waals surface area contributed by atoms with Crippen molar-refractivity contribution in [2.24, 2.45) is 7.05 Å². The molecule has 92 valence electrons. The molecular formula is C13H10ClFN2O. The molecule has 3 nitrogen and oxygen atoms in total. The molecule has 18 heavy (non-hydrogen) atoms. The second-order valence-corrected chi connectivity index (χ2v) is 4.18. The Morgan fingerprint density at radius 1 is 1.50 bits per heavy atom. The van der Waals surface area contributed by atoms with Crippen molar-refractivity contribution in [3.8, 4) is 0 Å². The average molecular weight is 265 g/mol. The highest BCUT2D eigenvalue weighted by molar-refractivity contribution is 6.31. The molecule has 0 N–H and O–H groups in total. The lowest BCUT2D eigenvalue weighted by Crippen LogP contribution is -1.94. The molecule has 1 aromatic carbocycles. The van der Waals surface area contributed by atoms with Crippen molar-refractivity contribution in [3.63, 3.8) is 0 Å². The summed E-state index contributed by atoms with van der Waals surface area (Å²) in [6.45, 7) is 0. The van der Waals surface area contributed by atoms with Crippen molar-refractivity contribution in [1.29, 1.82) is 0 Å². The predicted molar refractivity (Wildman–Crippen MR) is 68.0 cm³/mol. The van der Waals surface area contributed by atoms with Gasteiger partial charge in [-0.15, -0.1) is 0 Å². The Bertz CT molecular complexity index is 619. The number of ketones is 1. The summed E-state index contributed by atoms with van der Waals surface area (Å²) >= 11 is 5.61. The largest absolute Gasteiger partial charge is 0.289 e. The Kier molecular flexibility index (Phi) is 3.58. The quantitative estimate of drug-likeness (QED) is 0.631. The van der Waals surface area contributed by atoms with Crippen LogP contribution in [0.5, 0.6) is 0 Å². The van der Waals surface area contributed by atoms with E-state index in [2.05, 4.69) is 5.10 Å². The van der Waals surface area contributed by atoms with Crippen molar-refractivity contribution >= 4 is 23.5 Å². The van der Waals surface area contributed by atoms with E-state index in [-0.39, 0.29) is 10.8 Å². The third kappa shape index (κ3) is 2.84. The molecule has 0 saturated carbocycles. The van der Waals surface area contributed by atoms with Gasteiger partial charge in [0.1, 0.15) is 5.82 Å². The van der Waals surface area contributed by atoms with Gasteiger partial charge >= 0.3 is 0 Å². The third-order valence-corrected chi connectivity index (χ3v) is 2.65. The van der Waals surface area contributed by atoms with Crippen LogP contribution in [0.15, 0.2) is 36.7 Å². The van der Waals surface area contributed by atoms with Gasteiger partial charge in [-0.1, -0.05) is 11.6 Å². The van der Waals surface area contributed by atoms with Gasteiger partial charge in [-0.3, -0.25) is 9.48 Å². The summed E-state index contributed by atoms with van der Waals surface area (Å²) in [5, 5.41) is 3.92. The predicted octanol–water partition coefficient (Wildman–Crippen LogP) is 3.11. The Balaban J connectivity index is 2.16. The fourth-order valence-corrected chi connectivity index (χ4v) is 1.62. The molecule has 0 aliphatic rings. The number of hydrogen-bond acceptors (Lipinski definition) is 2. The molecule has 0 atom stereocenters. The zero-order valence-electron chi connectivity index (χ0n) is 9.60. The van der Waals surface area contributed by atoms with Crippen LogP contribution in [0.1, 0.15) is 15.9 Å². The molecule has 2 aromatic rings. The first-order valence-corrected chi connectivity index (χ1v) is 5.60. The average Bonchev–Trinajstić information content (AvgIpc) is 2.75. The molecule has 0 fully saturated rings. The van der Waals surface area contributed by atoms with Crippen LogP contribution in [0.3, 0.4) is 0 Å². The first-order chi connectivity index (χ1) is 8.56. The fourth-order valence-electron chi connectivity index (χ4n) is 1.44. The minimum absolute atomic E-state index is 0.0596. The number of carbonyl (C=O) groups is 1. The van der Waals surface area contributed by atoms with Crippen LogP contribution in [-0.2, 0) is 7.05 Å². The molecule has 2 rings (SSSR count). The van der Waals surface area contributed by atoms with Gasteiger partial charge in [0.2, 0.25) is 0 Å². The highest BCUT2D eigenvalue weighted by atomic mass is 35.5. The van der Waals surface area contributed by atoms with Gasteiger partial charge in [-0.2, -0.15) is 5.10 Å². The lowest BCUT2D eigenvalue weighted by atomic mass is 10.1. The molecule has 0 saturated heterocycles. The number of benzene rings is 1. The lowest BCUT2D eigenvalue weighted by molar-refractivity contribution is 0.104. The van der Waals surface area contributed by atoms with E-state index < -0.39 is 5.82 Å². The fraction of sp³-hybridized carbons (Fsp3) is 0.0769. The number of halogens is 2. The molecule has 1 heterocycles. The highest BCUT2D eigenvalue weighted by Gasteiger charge is 2.05. The number of aryl methyl sites for hydroxylation is 1. The first kappa shape index (κ1) is 12.5. The molecule has 0 amide bonds. The van der Waals surface area contributed by atoms with Crippen molar-refractivity contribution in [1.82, 2.24) is 9.78 Å². The number of aromatic nitrogens is 2. The highest BCUT2D eigenvalue weighted by Crippen LogP contribution is 2.16. The number of allylic oxidation sites excluding steroid dienone is 1. The summed E-state index contributed by atoms with van der Waals surface area (Å²) < 4.78 is 14.6. The minimum atomic E-state index is -0.538. The standard InChI is InChI=1S/C13H10ClFN2O/c1-17-8-9(7-16-17)2-5-13(18)10-3-4-12(15)11(14)6-10/h2-8H,1H3. The van der Waals surface area contributed by atoms with E-state index in [1.165, 1.54) is 24.3 Å². The molecule has 0 aliphatic heterocycles. The van der Waals surface area contributed by atoms with Gasteiger partial charge in [-0.05, 0) is 30.4 Å². The smallest absolute Gasteiger partial charge is 0.185 e. The first-order valence-electron chi connectivity index (χ1n) is 5.22. The summed E-state index contributed by atoms with van der Waals surface area (Å²) in [5.41, 5.74) is 1.17. The Morgan fingerprint density at radius 2 is 2.28 bits per heavy atom. The molecule has 0 unspecified atom stereocenters. The van der Waals surface area contributed by atoms with Gasteiger partial charge in [0, 0.05) is 24.4 Å². The summed E-state index contributed by atoms with van der Waals surface area (Å²) in [6, 6.07) is 3.89. The van der Waals surface area contributed by atoms with E-state index in [1.54, 1.807) is 30.2 Å². The van der Waals surface area contributed by atoms with E-state index in [0.717, 1.165) is 5.56 Å². The Hall–Kier alpha value is -1.94. The number of carbonyl (C=O) groups excluding carboxylic acids is 1. The van der Waals surface area contributed by atoms with E-state index >= 15 is 0 Å². The SMILES string of the molecule is Cn1cc(C=CC(=O)c2ccc(F)c(Cl)c2)cn1. The summed E-state index contributed by atoms with van der Waals surface area (Å²) in [7, 11) is 1.79. The molecule has 0 spiro atoms. The molecule has 0 bridgehead atoms. The molecule has 5 heteroatoms. The zero-order chi connectivity index (χ0) is 13.1. The lowest BCUT2D eigenvalue weighted by Gasteiger charge is -1.97. The second kappa shape index (κ2) is 5.14. The Labute approximate surface area is 108 Å². The molecule has 0 radical (unpaired) electrons. The second-order valence-electron chi connectivity index (χ2n) is 3.77. The van der Waals surface area contributed by atoms with Crippen LogP contribution < -0.4 is 0 Å². The van der Waals surface area contributed by atoms with Crippen molar-refractivity contribution in [2.75, 3.05) is 0 Å². The third-order valence-electron chi connectivity index (χ3n) is 2.36. The van der Waals surface area contributed by atoms with Crippen LogP contribution in [0.25, 0.3) is 6.08 Å². The van der Waals surface area contributed by atoms with E-state index in [4.69, 9.17) is 11.6 Å². The Morgan fingerprint density at radius 3 is 2.89 bits per heavy atom. The van der Waals surface area contributed by atoms with Crippen LogP contribution in [0.4, 0.5) is 4.39 Å². The van der Waals surface area contributed by atoms with Crippen LogP contribution >= 0.6 is 11.6 Å². The van der Waals surface area contributed by atoms with Gasteiger partial charge in [-0.25, -0.2) is 4.39 Å². The minimum Gasteiger partial charge on any atom is -0.289 e. The van der Waals surface area contributed by atoms with Gasteiger partial charge in [0.25, 0.3) is 0 Å². The maximum absolute atomic E-state index is 12.9. The van der Waals surface area contributed by atoms with Crippen molar-refractivity contribution in [2.45, 2.75) is 0 Å². The topological polar surface area (TPSA) is 34.9 Å². The summed E-state index contributed by atoms with van der Waals surface area (Å²) in [4.78, 5) is 11.8. The molecular weight excluding hydrogens is 255 g/mol. The number of nitrogens with zero attached hydrogens (tertiary/aromatic N) is 2. The van der Waals surface area contributed by atoms with Gasteiger partial charge < -0.3 is 0 Å². The van der Waals surface area contributed by atoms with E-state index in [1.807, 2.05) is 0 Å². The van der Waals surface area contributed by atoms with Crippen LogP contribution in [0.2, 0.25) is 5.02 Å². The van der Waals surface area contributed by atoms with Crippen molar-refractivity contribution < 1.29 is 9.18 Å². The van der Waals surface area contributed by atoms with Crippen molar-refractivity contribution in [3.05, 3.63) is 58.6 Å². The number of rotatable bonds is 3. The molecule has 0 aliphatic carbocycles. The number of hydrogen-bond donors (Lipinski definition) is 0. The van der Waals surface area contributed by atoms with E-state index in [9.17, 15) is 9.18 Å². The zero-order valence-corrected chi connectivity index (χ0v) is 10.4. The van der Waals surface area contributed by atoms with Crippen LogP contribution in [0, 0.1) is 5.82 Å². The maximum Gasteiger partial charge on any atom is 0.185 e. The normalized spacial score (nSPS) is 11.1. The van der Waals surface area contributed by atoms with E-state index in [0.29, 0.717) is 5.56 Å². The summed E-state index contributed by atoms with van der Waals surface area (Å²) in [5.74, 6) is -0.773. The monoisotopic (exact) mass is 264 g/mol. The summed E-state index contributed by atoms with van der Waals surface area (Å²) in [6.07, 6.45) is 6.47. The maximum atomic E-state index is 12.9. The van der Waals surface area contributed by atoms with Crippen LogP contribution in [-0.4, -0.2) is 15.6 Å². The molecule has 1 aromatic heterocycles.